The minimum atomic E-state index is -1.03. The predicted octanol–water partition coefficient (Wildman–Crippen LogP) is 2.73. The van der Waals surface area contributed by atoms with Crippen LogP contribution in [0.3, 0.4) is 0 Å². The number of allylic oxidation sites excluding steroid dienone is 1. The second-order valence-electron chi connectivity index (χ2n) is 5.94. The maximum absolute atomic E-state index is 12.7. The zero-order valence-corrected chi connectivity index (χ0v) is 14.2. The van der Waals surface area contributed by atoms with E-state index in [9.17, 15) is 14.9 Å². The molecular formula is C19H14N2O6. The monoisotopic (exact) mass is 366 g/mol. The number of para-hydroxylation sites is 1. The lowest BCUT2D eigenvalue weighted by atomic mass is 9.87. The van der Waals surface area contributed by atoms with Gasteiger partial charge in [0.15, 0.2) is 5.75 Å². The maximum Gasteiger partial charge on any atom is 0.344 e. The molecule has 3 aromatic rings. The van der Waals surface area contributed by atoms with E-state index in [0.717, 1.165) is 0 Å². The van der Waals surface area contributed by atoms with Crippen molar-refractivity contribution in [3.05, 3.63) is 91.8 Å². The number of nitro groups is 1. The number of nitrogens with zero attached hydrogens (tertiary/aromatic N) is 1. The fourth-order valence-corrected chi connectivity index (χ4v) is 3.25. The molecule has 0 saturated heterocycles. The minimum absolute atomic E-state index is 0.0415. The zero-order chi connectivity index (χ0) is 19.1. The highest BCUT2D eigenvalue weighted by Gasteiger charge is 2.42. The predicted molar refractivity (Wildman–Crippen MR) is 96.2 cm³/mol. The van der Waals surface area contributed by atoms with Crippen molar-refractivity contribution in [1.29, 1.82) is 0 Å². The Kier molecular flexibility index (Phi) is 3.80. The van der Waals surface area contributed by atoms with Crippen LogP contribution in [0.25, 0.3) is 11.0 Å². The summed E-state index contributed by atoms with van der Waals surface area (Å²) in [6.45, 7) is 0. The van der Waals surface area contributed by atoms with E-state index in [1.165, 1.54) is 7.11 Å². The molecule has 0 saturated carbocycles. The van der Waals surface area contributed by atoms with E-state index in [1.54, 1.807) is 48.5 Å². The molecule has 136 valence electrons. The molecule has 2 heterocycles. The highest BCUT2D eigenvalue weighted by Crippen LogP contribution is 2.43. The lowest BCUT2D eigenvalue weighted by molar-refractivity contribution is -0.432. The standard InChI is InChI=1S/C19H14N2O6/c1-25-11-8-6-10(7-9-11)14-15-17(27-18(20)16(14)21(23)24)12-4-2-3-5-13(12)26-19(15)22/h2-9,14H,20H2,1H3/t14-/m1/s1. The molecule has 0 fully saturated rings. The van der Waals surface area contributed by atoms with Crippen molar-refractivity contribution in [2.45, 2.75) is 5.92 Å². The van der Waals surface area contributed by atoms with Crippen LogP contribution in [0, 0.1) is 10.1 Å². The van der Waals surface area contributed by atoms with E-state index in [4.69, 9.17) is 19.6 Å². The summed E-state index contributed by atoms with van der Waals surface area (Å²) in [4.78, 5) is 23.8. The Bertz CT molecular complexity index is 1150. The van der Waals surface area contributed by atoms with Gasteiger partial charge in [0.05, 0.1) is 23.0 Å². The van der Waals surface area contributed by atoms with Crippen LogP contribution in [-0.2, 0) is 0 Å². The second kappa shape index (κ2) is 6.17. The van der Waals surface area contributed by atoms with Crippen molar-refractivity contribution < 1.29 is 18.8 Å². The molecule has 8 nitrogen and oxygen atoms in total. The van der Waals surface area contributed by atoms with Crippen LogP contribution in [0.4, 0.5) is 0 Å². The van der Waals surface area contributed by atoms with Gasteiger partial charge in [-0.1, -0.05) is 24.3 Å². The van der Waals surface area contributed by atoms with Crippen molar-refractivity contribution in [1.82, 2.24) is 0 Å². The van der Waals surface area contributed by atoms with Crippen LogP contribution < -0.4 is 20.8 Å². The molecule has 0 spiro atoms. The van der Waals surface area contributed by atoms with Gasteiger partial charge in [-0.15, -0.1) is 0 Å². The number of hydrogen-bond donors (Lipinski definition) is 1. The van der Waals surface area contributed by atoms with Gasteiger partial charge in [0.2, 0.25) is 0 Å². The van der Waals surface area contributed by atoms with Crippen LogP contribution in [0.5, 0.6) is 11.5 Å². The molecule has 8 heteroatoms. The van der Waals surface area contributed by atoms with Gasteiger partial charge < -0.3 is 19.6 Å². The molecule has 0 bridgehead atoms. The normalized spacial score (nSPS) is 16.0. The van der Waals surface area contributed by atoms with E-state index >= 15 is 0 Å². The van der Waals surface area contributed by atoms with Gasteiger partial charge in [-0.05, 0) is 29.8 Å². The summed E-state index contributed by atoms with van der Waals surface area (Å²) in [5, 5.41) is 12.2. The Morgan fingerprint density at radius 1 is 1.15 bits per heavy atom. The Morgan fingerprint density at radius 2 is 1.85 bits per heavy atom. The minimum Gasteiger partial charge on any atom is -0.497 e. The maximum atomic E-state index is 12.7. The molecule has 0 amide bonds. The molecule has 0 unspecified atom stereocenters. The molecule has 0 aliphatic carbocycles. The third kappa shape index (κ3) is 2.58. The lowest BCUT2D eigenvalue weighted by Crippen LogP contribution is -2.29. The highest BCUT2D eigenvalue weighted by molar-refractivity contribution is 5.85. The quantitative estimate of drug-likeness (QED) is 0.430. The van der Waals surface area contributed by atoms with E-state index in [1.807, 2.05) is 0 Å². The third-order valence-electron chi connectivity index (χ3n) is 4.47. The number of hydrogen-bond acceptors (Lipinski definition) is 7. The Labute approximate surface area is 152 Å². The lowest BCUT2D eigenvalue weighted by Gasteiger charge is -2.24. The number of ether oxygens (including phenoxy) is 2. The molecule has 4 rings (SSSR count). The summed E-state index contributed by atoms with van der Waals surface area (Å²) in [6, 6.07) is 13.4. The first-order valence-electron chi connectivity index (χ1n) is 8.03. The van der Waals surface area contributed by atoms with Gasteiger partial charge in [0.25, 0.3) is 5.88 Å². The first-order chi connectivity index (χ1) is 13.0. The third-order valence-corrected chi connectivity index (χ3v) is 4.47. The summed E-state index contributed by atoms with van der Waals surface area (Å²) in [7, 11) is 1.51. The molecule has 1 aliphatic rings. The van der Waals surface area contributed by atoms with Crippen LogP contribution in [0.15, 0.2) is 69.3 Å². The molecule has 1 aliphatic heterocycles. The molecule has 1 aromatic heterocycles. The fourth-order valence-electron chi connectivity index (χ4n) is 3.25. The van der Waals surface area contributed by atoms with Crippen molar-refractivity contribution in [2.75, 3.05) is 7.11 Å². The molecule has 2 aromatic carbocycles. The number of fused-ring (bicyclic) bond motifs is 3. The highest BCUT2D eigenvalue weighted by atomic mass is 16.6. The van der Waals surface area contributed by atoms with Crippen LogP contribution >= 0.6 is 0 Å². The van der Waals surface area contributed by atoms with Gasteiger partial charge in [0.1, 0.15) is 17.3 Å². The topological polar surface area (TPSA) is 118 Å². The molecule has 1 atom stereocenters. The average Bonchev–Trinajstić information content (AvgIpc) is 2.67. The van der Waals surface area contributed by atoms with E-state index in [0.29, 0.717) is 22.3 Å². The Balaban J connectivity index is 2.04. The summed E-state index contributed by atoms with van der Waals surface area (Å²) in [5.74, 6) is -0.637. The van der Waals surface area contributed by atoms with E-state index in [2.05, 4.69) is 0 Å². The Morgan fingerprint density at radius 3 is 2.52 bits per heavy atom. The van der Waals surface area contributed by atoms with Crippen LogP contribution in [0.1, 0.15) is 17.0 Å². The fraction of sp³-hybridized carbons (Fsp3) is 0.105. The van der Waals surface area contributed by atoms with Gasteiger partial charge in [-0.25, -0.2) is 4.79 Å². The van der Waals surface area contributed by atoms with E-state index in [-0.39, 0.29) is 17.2 Å². The SMILES string of the molecule is COc1ccc([C@H]2C([N+](=O)[O-])=C(N)Oc3c2c(=O)oc2ccccc32)cc1. The van der Waals surface area contributed by atoms with Gasteiger partial charge in [-0.3, -0.25) is 10.1 Å². The van der Waals surface area contributed by atoms with Gasteiger partial charge in [-0.2, -0.15) is 0 Å². The van der Waals surface area contributed by atoms with E-state index < -0.39 is 22.2 Å². The van der Waals surface area contributed by atoms with Crippen molar-refractivity contribution >= 4 is 11.0 Å². The zero-order valence-electron chi connectivity index (χ0n) is 14.2. The molecule has 2 N–H and O–H groups in total. The first kappa shape index (κ1) is 16.6. The molecular weight excluding hydrogens is 352 g/mol. The van der Waals surface area contributed by atoms with Crippen LogP contribution in [-0.4, -0.2) is 12.0 Å². The average molecular weight is 366 g/mol. The summed E-state index contributed by atoms with van der Waals surface area (Å²) < 4.78 is 16.0. The van der Waals surface area contributed by atoms with Crippen molar-refractivity contribution in [2.24, 2.45) is 5.73 Å². The van der Waals surface area contributed by atoms with Crippen LogP contribution in [0.2, 0.25) is 0 Å². The first-order valence-corrected chi connectivity index (χ1v) is 8.03. The number of benzene rings is 2. The Hall–Kier alpha value is -3.81. The summed E-state index contributed by atoms with van der Waals surface area (Å²) in [6.07, 6.45) is 0. The number of nitrogens with two attached hydrogens (primary N) is 1. The van der Waals surface area contributed by atoms with Gasteiger partial charge >= 0.3 is 11.3 Å². The van der Waals surface area contributed by atoms with Crippen molar-refractivity contribution in [3.63, 3.8) is 0 Å². The largest absolute Gasteiger partial charge is 0.497 e. The second-order valence-corrected chi connectivity index (χ2v) is 5.94. The summed E-state index contributed by atoms with van der Waals surface area (Å²) in [5.41, 5.74) is 5.61. The van der Waals surface area contributed by atoms with Gasteiger partial charge in [0, 0.05) is 0 Å². The van der Waals surface area contributed by atoms with Crippen molar-refractivity contribution in [3.8, 4) is 11.5 Å². The number of rotatable bonds is 3. The number of methoxy groups -OCH3 is 1. The smallest absolute Gasteiger partial charge is 0.344 e. The molecule has 0 radical (unpaired) electrons. The molecule has 27 heavy (non-hydrogen) atoms. The summed E-state index contributed by atoms with van der Waals surface area (Å²) >= 11 is 0.